The van der Waals surface area contributed by atoms with Gasteiger partial charge >= 0.3 is 0 Å². The highest BCUT2D eigenvalue weighted by Crippen LogP contribution is 2.51. The summed E-state index contributed by atoms with van der Waals surface area (Å²) in [5.74, 6) is -2.47. The standard InChI is InChI=1S/C18H24F2N2O4S/c1-11-4-3-5-27(25,26)22(11)8-12-6-15(20)13(7-14(12)19)18(16(21)23)9-17(2,24)10-18/h6-7,11,24H,3-5,8-10H2,1-2H3,(H2,21,23)/t11-,17-,18+/m0/s1. The van der Waals surface area contributed by atoms with E-state index < -0.39 is 38.6 Å². The molecule has 0 bridgehead atoms. The predicted molar refractivity (Wildman–Crippen MR) is 95.1 cm³/mol. The molecule has 3 N–H and O–H groups in total. The van der Waals surface area contributed by atoms with E-state index in [4.69, 9.17) is 5.73 Å². The summed E-state index contributed by atoms with van der Waals surface area (Å²) in [6, 6.07) is 1.54. The van der Waals surface area contributed by atoms with Crippen molar-refractivity contribution in [3.05, 3.63) is 34.9 Å². The average Bonchev–Trinajstić information content (AvgIpc) is 2.50. The first-order valence-electron chi connectivity index (χ1n) is 8.88. The van der Waals surface area contributed by atoms with Gasteiger partial charge in [0.25, 0.3) is 0 Å². The second-order valence-electron chi connectivity index (χ2n) is 8.07. The molecule has 1 saturated heterocycles. The molecular weight excluding hydrogens is 378 g/mol. The fourth-order valence-corrected chi connectivity index (χ4v) is 6.10. The number of carbonyl (C=O) groups is 1. The molecule has 1 amide bonds. The monoisotopic (exact) mass is 402 g/mol. The van der Waals surface area contributed by atoms with Crippen LogP contribution in [0.1, 0.15) is 50.7 Å². The van der Waals surface area contributed by atoms with Gasteiger partial charge < -0.3 is 10.8 Å². The Balaban J connectivity index is 1.95. The summed E-state index contributed by atoms with van der Waals surface area (Å²) < 4.78 is 55.2. The zero-order valence-corrected chi connectivity index (χ0v) is 16.2. The molecular formula is C18H24F2N2O4S. The van der Waals surface area contributed by atoms with Crippen LogP contribution in [0.5, 0.6) is 0 Å². The SMILES string of the molecule is C[C@H]1CCCS(=O)(=O)N1Cc1cc(F)c([C@]2(C(N)=O)C[C@@](C)(O)C2)cc1F. The molecule has 1 aliphatic heterocycles. The minimum absolute atomic E-state index is 0.0145. The zero-order chi connectivity index (χ0) is 20.2. The molecule has 2 fully saturated rings. The highest BCUT2D eigenvalue weighted by molar-refractivity contribution is 7.89. The van der Waals surface area contributed by atoms with Gasteiger partial charge in [0, 0.05) is 23.7 Å². The quantitative estimate of drug-likeness (QED) is 0.798. The van der Waals surface area contributed by atoms with E-state index in [0.29, 0.717) is 12.8 Å². The maximum Gasteiger partial charge on any atom is 0.228 e. The second-order valence-corrected chi connectivity index (χ2v) is 10.1. The lowest BCUT2D eigenvalue weighted by atomic mass is 9.56. The summed E-state index contributed by atoms with van der Waals surface area (Å²) in [7, 11) is -3.52. The van der Waals surface area contributed by atoms with Crippen molar-refractivity contribution in [1.29, 1.82) is 0 Å². The van der Waals surface area contributed by atoms with Gasteiger partial charge in [-0.25, -0.2) is 17.2 Å². The van der Waals surface area contributed by atoms with Gasteiger partial charge in [-0.1, -0.05) is 0 Å². The highest BCUT2D eigenvalue weighted by atomic mass is 32.2. The van der Waals surface area contributed by atoms with Crippen LogP contribution in [0, 0.1) is 11.6 Å². The Morgan fingerprint density at radius 1 is 1.33 bits per heavy atom. The van der Waals surface area contributed by atoms with Crippen LogP contribution in [0.4, 0.5) is 8.78 Å². The van der Waals surface area contributed by atoms with Crippen LogP contribution >= 0.6 is 0 Å². The normalized spacial score (nSPS) is 33.4. The number of halogens is 2. The van der Waals surface area contributed by atoms with E-state index in [0.717, 1.165) is 12.1 Å². The maximum atomic E-state index is 14.8. The minimum atomic E-state index is -3.52. The Morgan fingerprint density at radius 3 is 2.48 bits per heavy atom. The van der Waals surface area contributed by atoms with Gasteiger partial charge in [-0.05, 0) is 51.7 Å². The molecule has 0 aromatic heterocycles. The van der Waals surface area contributed by atoms with Crippen molar-refractivity contribution < 1.29 is 27.1 Å². The van der Waals surface area contributed by atoms with Gasteiger partial charge in [-0.2, -0.15) is 4.31 Å². The summed E-state index contributed by atoms with van der Waals surface area (Å²) in [6.07, 6.45) is 1.00. The van der Waals surface area contributed by atoms with E-state index in [-0.39, 0.29) is 42.3 Å². The van der Waals surface area contributed by atoms with Gasteiger partial charge in [0.2, 0.25) is 15.9 Å². The van der Waals surface area contributed by atoms with Crippen LogP contribution in [-0.2, 0) is 26.8 Å². The Hall–Kier alpha value is -1.58. The third-order valence-corrected chi connectivity index (χ3v) is 7.70. The van der Waals surface area contributed by atoms with Gasteiger partial charge in [0.1, 0.15) is 11.6 Å². The average molecular weight is 402 g/mol. The number of nitrogens with zero attached hydrogens (tertiary/aromatic N) is 1. The van der Waals surface area contributed by atoms with Gasteiger partial charge in [0.05, 0.1) is 16.8 Å². The van der Waals surface area contributed by atoms with Crippen LogP contribution in [0.3, 0.4) is 0 Å². The van der Waals surface area contributed by atoms with E-state index >= 15 is 0 Å². The van der Waals surface area contributed by atoms with Crippen LogP contribution < -0.4 is 5.73 Å². The number of hydrogen-bond acceptors (Lipinski definition) is 4. The number of amides is 1. The first kappa shape index (κ1) is 20.2. The Bertz CT molecular complexity index is 878. The largest absolute Gasteiger partial charge is 0.390 e. The molecule has 0 spiro atoms. The first-order chi connectivity index (χ1) is 12.4. The molecule has 3 rings (SSSR count). The van der Waals surface area contributed by atoms with Crippen LogP contribution in [-0.4, -0.2) is 41.1 Å². The minimum Gasteiger partial charge on any atom is -0.390 e. The van der Waals surface area contributed by atoms with Crippen molar-refractivity contribution in [3.63, 3.8) is 0 Å². The summed E-state index contributed by atoms with van der Waals surface area (Å²) >= 11 is 0. The van der Waals surface area contributed by atoms with E-state index in [1.165, 1.54) is 11.2 Å². The van der Waals surface area contributed by atoms with Crippen molar-refractivity contribution in [1.82, 2.24) is 4.31 Å². The summed E-state index contributed by atoms with van der Waals surface area (Å²) in [6.45, 7) is 2.96. The summed E-state index contributed by atoms with van der Waals surface area (Å²) in [5, 5.41) is 9.98. The van der Waals surface area contributed by atoms with E-state index in [2.05, 4.69) is 0 Å². The molecule has 0 unspecified atom stereocenters. The van der Waals surface area contributed by atoms with E-state index in [9.17, 15) is 27.1 Å². The molecule has 1 aromatic carbocycles. The van der Waals surface area contributed by atoms with Gasteiger partial charge in [0.15, 0.2) is 0 Å². The third-order valence-electron chi connectivity index (χ3n) is 5.69. The number of carbonyl (C=O) groups excluding carboxylic acids is 1. The number of sulfonamides is 1. The lowest BCUT2D eigenvalue weighted by molar-refractivity contribution is -0.142. The molecule has 27 heavy (non-hydrogen) atoms. The fraction of sp³-hybridized carbons (Fsp3) is 0.611. The van der Waals surface area contributed by atoms with Crippen molar-refractivity contribution in [3.8, 4) is 0 Å². The summed E-state index contributed by atoms with van der Waals surface area (Å²) in [4.78, 5) is 11.9. The number of nitrogens with two attached hydrogens (primary N) is 1. The number of primary amides is 1. The van der Waals surface area contributed by atoms with Crippen LogP contribution in [0.2, 0.25) is 0 Å². The van der Waals surface area contributed by atoms with Gasteiger partial charge in [-0.3, -0.25) is 4.79 Å². The zero-order valence-electron chi connectivity index (χ0n) is 15.3. The number of hydrogen-bond donors (Lipinski definition) is 2. The summed E-state index contributed by atoms with van der Waals surface area (Å²) in [5.41, 5.74) is 2.49. The smallest absolute Gasteiger partial charge is 0.228 e. The van der Waals surface area contributed by atoms with E-state index in [1.807, 2.05) is 0 Å². The highest BCUT2D eigenvalue weighted by Gasteiger charge is 2.57. The second kappa shape index (κ2) is 6.49. The molecule has 2 aliphatic rings. The van der Waals surface area contributed by atoms with Crippen molar-refractivity contribution in [2.24, 2.45) is 5.73 Å². The molecule has 0 radical (unpaired) electrons. The lowest BCUT2D eigenvalue weighted by Gasteiger charge is -2.50. The molecule has 1 heterocycles. The van der Waals surface area contributed by atoms with Crippen LogP contribution in [0.15, 0.2) is 12.1 Å². The van der Waals surface area contributed by atoms with Crippen molar-refractivity contribution >= 4 is 15.9 Å². The molecule has 150 valence electrons. The Labute approximate surface area is 157 Å². The Kier molecular flexibility index (Phi) is 4.85. The van der Waals surface area contributed by atoms with Crippen molar-refractivity contribution in [2.45, 2.75) is 63.1 Å². The molecule has 9 heteroatoms. The van der Waals surface area contributed by atoms with E-state index in [1.54, 1.807) is 6.92 Å². The predicted octanol–water partition coefficient (Wildman–Crippen LogP) is 1.55. The van der Waals surface area contributed by atoms with Gasteiger partial charge in [-0.15, -0.1) is 0 Å². The maximum absolute atomic E-state index is 14.8. The van der Waals surface area contributed by atoms with Crippen molar-refractivity contribution in [2.75, 3.05) is 5.75 Å². The molecule has 6 nitrogen and oxygen atoms in total. The van der Waals surface area contributed by atoms with Crippen LogP contribution in [0.25, 0.3) is 0 Å². The molecule has 1 aromatic rings. The number of aliphatic hydroxyl groups is 1. The number of benzene rings is 1. The third kappa shape index (κ3) is 3.48. The fourth-order valence-electron chi connectivity index (χ4n) is 4.34. The number of rotatable bonds is 4. The topological polar surface area (TPSA) is 101 Å². The molecule has 1 aliphatic carbocycles. The first-order valence-corrected chi connectivity index (χ1v) is 10.5. The molecule has 1 atom stereocenters. The molecule has 1 saturated carbocycles. The lowest BCUT2D eigenvalue weighted by Crippen LogP contribution is -2.59. The Morgan fingerprint density at radius 2 is 1.96 bits per heavy atom.